The van der Waals surface area contributed by atoms with Crippen LogP contribution in [0.25, 0.3) is 0 Å². The second kappa shape index (κ2) is 6.12. The Morgan fingerprint density at radius 3 is 2.95 bits per heavy atom. The van der Waals surface area contributed by atoms with Gasteiger partial charge in [0.15, 0.2) is 0 Å². The molecule has 1 amide bonds. The maximum atomic E-state index is 12.2. The zero-order valence-corrected chi connectivity index (χ0v) is 12.5. The molecule has 0 aliphatic carbocycles. The van der Waals surface area contributed by atoms with E-state index >= 15 is 0 Å². The molecule has 4 nitrogen and oxygen atoms in total. The molecule has 0 spiro atoms. The molecule has 2 aliphatic heterocycles. The van der Waals surface area contributed by atoms with Crippen molar-refractivity contribution in [3.8, 4) is 0 Å². The van der Waals surface area contributed by atoms with Crippen molar-refractivity contribution in [2.24, 2.45) is 0 Å². The maximum absolute atomic E-state index is 12.2. The van der Waals surface area contributed by atoms with Crippen LogP contribution < -0.4 is 10.6 Å². The van der Waals surface area contributed by atoms with Crippen LogP contribution in [0.1, 0.15) is 41.3 Å². The largest absolute Gasteiger partial charge is 0.373 e. The van der Waals surface area contributed by atoms with Crippen LogP contribution in [0.3, 0.4) is 0 Å². The predicted octanol–water partition coefficient (Wildman–Crippen LogP) is 2.01. The SMILES string of the molecule is CC1(CNC(=O)c2ccc3c(c2)CNC3)CCCO1.Cl. The van der Waals surface area contributed by atoms with Crippen molar-refractivity contribution in [2.45, 2.75) is 38.5 Å². The summed E-state index contributed by atoms with van der Waals surface area (Å²) in [6.45, 7) is 5.21. The third kappa shape index (κ3) is 3.14. The molecule has 5 heteroatoms. The van der Waals surface area contributed by atoms with Crippen LogP contribution >= 0.6 is 12.4 Å². The summed E-state index contributed by atoms with van der Waals surface area (Å²) in [6.07, 6.45) is 2.10. The van der Waals surface area contributed by atoms with Gasteiger partial charge in [0, 0.05) is 31.8 Å². The Morgan fingerprint density at radius 1 is 1.40 bits per heavy atom. The van der Waals surface area contributed by atoms with E-state index in [1.165, 1.54) is 11.1 Å². The van der Waals surface area contributed by atoms with Gasteiger partial charge >= 0.3 is 0 Å². The van der Waals surface area contributed by atoms with Gasteiger partial charge in [-0.25, -0.2) is 0 Å². The first-order valence-corrected chi connectivity index (χ1v) is 6.91. The molecular weight excluding hydrogens is 276 g/mol. The van der Waals surface area contributed by atoms with E-state index in [1.807, 2.05) is 18.2 Å². The minimum absolute atomic E-state index is 0. The quantitative estimate of drug-likeness (QED) is 0.897. The van der Waals surface area contributed by atoms with Gasteiger partial charge in [0.05, 0.1) is 5.60 Å². The number of fused-ring (bicyclic) bond motifs is 1. The molecule has 1 unspecified atom stereocenters. The molecule has 20 heavy (non-hydrogen) atoms. The normalized spacial score (nSPS) is 24.1. The molecule has 2 heterocycles. The van der Waals surface area contributed by atoms with Crippen molar-refractivity contribution in [3.63, 3.8) is 0 Å². The van der Waals surface area contributed by atoms with Gasteiger partial charge in [0.25, 0.3) is 5.91 Å². The number of hydrogen-bond acceptors (Lipinski definition) is 3. The number of carbonyl (C=O) groups is 1. The Hall–Kier alpha value is -1.10. The number of hydrogen-bond donors (Lipinski definition) is 2. The van der Waals surface area contributed by atoms with E-state index in [2.05, 4.69) is 17.6 Å². The topological polar surface area (TPSA) is 50.4 Å². The first-order chi connectivity index (χ1) is 9.16. The van der Waals surface area contributed by atoms with Crippen LogP contribution in [0.2, 0.25) is 0 Å². The molecule has 3 rings (SSSR count). The van der Waals surface area contributed by atoms with Crippen molar-refractivity contribution in [1.29, 1.82) is 0 Å². The third-order valence-electron chi connectivity index (χ3n) is 4.02. The minimum Gasteiger partial charge on any atom is -0.373 e. The van der Waals surface area contributed by atoms with Crippen LogP contribution in [0.15, 0.2) is 18.2 Å². The van der Waals surface area contributed by atoms with Crippen molar-refractivity contribution >= 4 is 18.3 Å². The Labute approximate surface area is 125 Å². The standard InChI is InChI=1S/C15H20N2O2.ClH/c1-15(5-2-6-19-15)10-17-14(18)11-3-4-12-8-16-9-13(12)7-11;/h3-4,7,16H,2,5-6,8-10H2,1H3,(H,17,18);1H. The average molecular weight is 297 g/mol. The lowest BCUT2D eigenvalue weighted by Crippen LogP contribution is -2.40. The van der Waals surface area contributed by atoms with Gasteiger partial charge in [-0.2, -0.15) is 0 Å². The molecular formula is C15H21ClN2O2. The number of rotatable bonds is 3. The van der Waals surface area contributed by atoms with Crippen molar-refractivity contribution in [2.75, 3.05) is 13.2 Å². The van der Waals surface area contributed by atoms with Gasteiger partial charge in [-0.3, -0.25) is 4.79 Å². The first kappa shape index (κ1) is 15.3. The second-order valence-corrected chi connectivity index (χ2v) is 5.67. The fourth-order valence-corrected chi connectivity index (χ4v) is 2.78. The molecule has 0 saturated carbocycles. The van der Waals surface area contributed by atoms with Gasteiger partial charge in [0.1, 0.15) is 0 Å². The molecule has 0 radical (unpaired) electrons. The van der Waals surface area contributed by atoms with Gasteiger partial charge in [0.2, 0.25) is 0 Å². The molecule has 2 aliphatic rings. The Morgan fingerprint density at radius 2 is 2.20 bits per heavy atom. The highest BCUT2D eigenvalue weighted by atomic mass is 35.5. The molecule has 0 aromatic heterocycles. The summed E-state index contributed by atoms with van der Waals surface area (Å²) in [6, 6.07) is 5.93. The summed E-state index contributed by atoms with van der Waals surface area (Å²) in [7, 11) is 0. The van der Waals surface area contributed by atoms with E-state index in [4.69, 9.17) is 4.74 Å². The van der Waals surface area contributed by atoms with E-state index in [9.17, 15) is 4.79 Å². The molecule has 110 valence electrons. The number of nitrogens with one attached hydrogen (secondary N) is 2. The van der Waals surface area contributed by atoms with Gasteiger partial charge in [-0.1, -0.05) is 6.07 Å². The highest BCUT2D eigenvalue weighted by Gasteiger charge is 2.30. The summed E-state index contributed by atoms with van der Waals surface area (Å²) in [5, 5.41) is 6.27. The zero-order chi connectivity index (χ0) is 13.3. The summed E-state index contributed by atoms with van der Waals surface area (Å²) in [5.74, 6) is -0.00794. The fraction of sp³-hybridized carbons (Fsp3) is 0.533. The lowest BCUT2D eigenvalue weighted by Gasteiger charge is -2.23. The number of benzene rings is 1. The molecule has 2 N–H and O–H groups in total. The average Bonchev–Trinajstić information content (AvgIpc) is 3.04. The van der Waals surface area contributed by atoms with Crippen LogP contribution in [-0.4, -0.2) is 24.7 Å². The highest BCUT2D eigenvalue weighted by molar-refractivity contribution is 5.94. The number of carbonyl (C=O) groups excluding carboxylic acids is 1. The number of ether oxygens (including phenoxy) is 1. The number of amides is 1. The third-order valence-corrected chi connectivity index (χ3v) is 4.02. The fourth-order valence-electron chi connectivity index (χ4n) is 2.78. The minimum atomic E-state index is -0.187. The van der Waals surface area contributed by atoms with Crippen LogP contribution in [0.4, 0.5) is 0 Å². The maximum Gasteiger partial charge on any atom is 0.251 e. The summed E-state index contributed by atoms with van der Waals surface area (Å²) in [4.78, 5) is 12.2. The molecule has 1 aromatic rings. The van der Waals surface area contributed by atoms with Crippen molar-refractivity contribution < 1.29 is 9.53 Å². The van der Waals surface area contributed by atoms with E-state index in [0.29, 0.717) is 6.54 Å². The van der Waals surface area contributed by atoms with Gasteiger partial charge < -0.3 is 15.4 Å². The molecule has 1 atom stereocenters. The van der Waals surface area contributed by atoms with Crippen LogP contribution in [-0.2, 0) is 17.8 Å². The van der Waals surface area contributed by atoms with E-state index in [-0.39, 0.29) is 23.9 Å². The Balaban J connectivity index is 0.00000147. The monoisotopic (exact) mass is 296 g/mol. The van der Waals surface area contributed by atoms with E-state index < -0.39 is 0 Å². The number of halogens is 1. The molecule has 1 fully saturated rings. The molecule has 0 bridgehead atoms. The lowest BCUT2D eigenvalue weighted by molar-refractivity contribution is 0.0206. The van der Waals surface area contributed by atoms with Crippen LogP contribution in [0, 0.1) is 0 Å². The smallest absolute Gasteiger partial charge is 0.251 e. The first-order valence-electron chi connectivity index (χ1n) is 6.91. The van der Waals surface area contributed by atoms with Crippen molar-refractivity contribution in [1.82, 2.24) is 10.6 Å². The Kier molecular flexibility index (Phi) is 4.68. The predicted molar refractivity (Wildman–Crippen MR) is 80.2 cm³/mol. The second-order valence-electron chi connectivity index (χ2n) is 5.67. The van der Waals surface area contributed by atoms with Crippen LogP contribution in [0.5, 0.6) is 0 Å². The lowest BCUT2D eigenvalue weighted by atomic mass is 10.0. The molecule has 1 aromatic carbocycles. The van der Waals surface area contributed by atoms with E-state index in [0.717, 1.165) is 38.1 Å². The summed E-state index contributed by atoms with van der Waals surface area (Å²) < 4.78 is 5.68. The van der Waals surface area contributed by atoms with Gasteiger partial charge in [-0.05, 0) is 43.0 Å². The van der Waals surface area contributed by atoms with Crippen molar-refractivity contribution in [3.05, 3.63) is 34.9 Å². The Bertz CT molecular complexity index is 499. The highest BCUT2D eigenvalue weighted by Crippen LogP contribution is 2.24. The summed E-state index contributed by atoms with van der Waals surface area (Å²) in [5.41, 5.74) is 3.08. The molecule has 1 saturated heterocycles. The van der Waals surface area contributed by atoms with E-state index in [1.54, 1.807) is 0 Å². The van der Waals surface area contributed by atoms with Gasteiger partial charge in [-0.15, -0.1) is 12.4 Å². The zero-order valence-electron chi connectivity index (χ0n) is 11.7. The summed E-state index contributed by atoms with van der Waals surface area (Å²) >= 11 is 0.